The van der Waals surface area contributed by atoms with E-state index in [4.69, 9.17) is 14.6 Å². The maximum absolute atomic E-state index is 10.8. The third-order valence-corrected chi connectivity index (χ3v) is 3.40. The molecule has 0 aromatic carbocycles. The fourth-order valence-electron chi connectivity index (χ4n) is 1.46. The van der Waals surface area contributed by atoms with Gasteiger partial charge in [-0.2, -0.15) is 0 Å². The summed E-state index contributed by atoms with van der Waals surface area (Å²) in [4.78, 5) is 14.9. The van der Waals surface area contributed by atoms with E-state index in [9.17, 15) is 4.79 Å². The normalized spacial score (nSPS) is 20.9. The number of ether oxygens (including phenoxy) is 2. The van der Waals surface area contributed by atoms with Crippen molar-refractivity contribution in [1.82, 2.24) is 0 Å². The van der Waals surface area contributed by atoms with Gasteiger partial charge in [-0.25, -0.2) is 4.79 Å². The highest BCUT2D eigenvalue weighted by Gasteiger charge is 2.38. The Morgan fingerprint density at radius 1 is 1.56 bits per heavy atom. The molecule has 0 radical (unpaired) electrons. The van der Waals surface area contributed by atoms with Gasteiger partial charge in [0.25, 0.3) is 0 Å². The van der Waals surface area contributed by atoms with E-state index in [0.717, 1.165) is 0 Å². The van der Waals surface area contributed by atoms with E-state index in [1.165, 1.54) is 11.8 Å². The lowest BCUT2D eigenvalue weighted by molar-refractivity contribution is -0.169. The van der Waals surface area contributed by atoms with Gasteiger partial charge in [-0.15, -0.1) is 11.8 Å². The third kappa shape index (κ3) is 2.96. The van der Waals surface area contributed by atoms with Gasteiger partial charge in [-0.05, 0) is 20.8 Å². The minimum atomic E-state index is -0.905. The van der Waals surface area contributed by atoms with E-state index in [2.05, 4.69) is 4.99 Å². The van der Waals surface area contributed by atoms with Crippen LogP contribution in [-0.4, -0.2) is 46.9 Å². The van der Waals surface area contributed by atoms with Crippen LogP contribution in [0.1, 0.15) is 20.8 Å². The average Bonchev–Trinajstić information content (AvgIpc) is 2.67. The van der Waals surface area contributed by atoms with Crippen molar-refractivity contribution in [3.05, 3.63) is 0 Å². The molecule has 0 saturated heterocycles. The maximum Gasteiger partial charge on any atom is 0.329 e. The molecule has 6 heteroatoms. The number of hydrogen-bond acceptors (Lipinski definition) is 5. The Bertz CT molecular complexity index is 287. The van der Waals surface area contributed by atoms with Crippen molar-refractivity contribution in [1.29, 1.82) is 0 Å². The highest BCUT2D eigenvalue weighted by atomic mass is 32.2. The number of hydrogen-bond donors (Lipinski definition) is 1. The lowest BCUT2D eigenvalue weighted by Gasteiger charge is -2.28. The minimum Gasteiger partial charge on any atom is -0.480 e. The second-order valence-electron chi connectivity index (χ2n) is 3.41. The summed E-state index contributed by atoms with van der Waals surface area (Å²) in [6.07, 6.45) is 0. The fourth-order valence-corrected chi connectivity index (χ4v) is 2.58. The van der Waals surface area contributed by atoms with E-state index in [0.29, 0.717) is 24.0 Å². The first-order valence-corrected chi connectivity index (χ1v) is 6.23. The summed E-state index contributed by atoms with van der Waals surface area (Å²) in [5.41, 5.74) is 0. The number of aliphatic imine (C=N–C) groups is 1. The van der Waals surface area contributed by atoms with Gasteiger partial charge in [0, 0.05) is 19.0 Å². The van der Waals surface area contributed by atoms with Crippen molar-refractivity contribution in [2.75, 3.05) is 19.0 Å². The molecule has 16 heavy (non-hydrogen) atoms. The van der Waals surface area contributed by atoms with Gasteiger partial charge in [0.15, 0.2) is 6.04 Å². The van der Waals surface area contributed by atoms with Gasteiger partial charge >= 0.3 is 5.97 Å². The Kier molecular flexibility index (Phi) is 4.76. The molecule has 1 N–H and O–H groups in total. The zero-order chi connectivity index (χ0) is 12.2. The van der Waals surface area contributed by atoms with Crippen LogP contribution in [-0.2, 0) is 14.3 Å². The highest BCUT2D eigenvalue weighted by Crippen LogP contribution is 2.29. The zero-order valence-corrected chi connectivity index (χ0v) is 10.5. The van der Waals surface area contributed by atoms with Crippen LogP contribution in [0, 0.1) is 0 Å². The monoisotopic (exact) mass is 247 g/mol. The molecular formula is C10H17NO4S. The highest BCUT2D eigenvalue weighted by molar-refractivity contribution is 8.14. The summed E-state index contributed by atoms with van der Waals surface area (Å²) in [6.45, 7) is 6.50. The van der Waals surface area contributed by atoms with Gasteiger partial charge in [-0.3, -0.25) is 4.99 Å². The van der Waals surface area contributed by atoms with E-state index in [1.54, 1.807) is 6.92 Å². The second-order valence-corrected chi connectivity index (χ2v) is 4.42. The van der Waals surface area contributed by atoms with E-state index >= 15 is 0 Å². The number of carboxylic acids is 1. The molecule has 92 valence electrons. The number of thioether (sulfide) groups is 1. The molecule has 1 heterocycles. The van der Waals surface area contributed by atoms with Gasteiger partial charge in [0.2, 0.25) is 5.79 Å². The Balaban J connectivity index is 2.80. The zero-order valence-electron chi connectivity index (χ0n) is 9.73. The van der Waals surface area contributed by atoms with Gasteiger partial charge < -0.3 is 14.6 Å². The first kappa shape index (κ1) is 13.5. The van der Waals surface area contributed by atoms with Crippen LogP contribution >= 0.6 is 11.8 Å². The first-order valence-electron chi connectivity index (χ1n) is 5.25. The van der Waals surface area contributed by atoms with Crippen molar-refractivity contribution >= 4 is 22.8 Å². The average molecular weight is 247 g/mol. The molecule has 0 fully saturated rings. The van der Waals surface area contributed by atoms with Crippen LogP contribution in [0.2, 0.25) is 0 Å². The molecule has 1 unspecified atom stereocenters. The maximum atomic E-state index is 10.8. The third-order valence-electron chi connectivity index (χ3n) is 2.16. The van der Waals surface area contributed by atoms with E-state index < -0.39 is 17.8 Å². The molecule has 0 bridgehead atoms. The number of aliphatic carboxylic acids is 1. The van der Waals surface area contributed by atoms with Crippen molar-refractivity contribution in [2.24, 2.45) is 4.99 Å². The number of carbonyl (C=O) groups is 1. The fraction of sp³-hybridized carbons (Fsp3) is 0.800. The molecule has 0 aliphatic carbocycles. The quantitative estimate of drug-likeness (QED) is 0.718. The number of carboxylic acid groups (broad SMARTS) is 1. The van der Waals surface area contributed by atoms with Crippen LogP contribution in [0.5, 0.6) is 0 Å². The topological polar surface area (TPSA) is 68.1 Å². The molecule has 0 aromatic rings. The molecule has 1 aliphatic rings. The van der Waals surface area contributed by atoms with Gasteiger partial charge in [0.1, 0.15) is 5.04 Å². The lowest BCUT2D eigenvalue weighted by atomic mass is 10.3. The molecule has 1 rings (SSSR count). The van der Waals surface area contributed by atoms with E-state index in [1.807, 2.05) is 13.8 Å². The summed E-state index contributed by atoms with van der Waals surface area (Å²) in [7, 11) is 0. The van der Waals surface area contributed by atoms with Gasteiger partial charge in [-0.1, -0.05) is 0 Å². The summed E-state index contributed by atoms with van der Waals surface area (Å²) in [6, 6.07) is -0.680. The van der Waals surface area contributed by atoms with Gasteiger partial charge in [0.05, 0.1) is 0 Å². The summed E-state index contributed by atoms with van der Waals surface area (Å²) in [5.74, 6) is -1.36. The van der Waals surface area contributed by atoms with Crippen molar-refractivity contribution in [3.63, 3.8) is 0 Å². The molecular weight excluding hydrogens is 230 g/mol. The molecule has 0 saturated carbocycles. The smallest absolute Gasteiger partial charge is 0.329 e. The van der Waals surface area contributed by atoms with Crippen molar-refractivity contribution in [3.8, 4) is 0 Å². The molecule has 1 aliphatic heterocycles. The Morgan fingerprint density at radius 3 is 2.50 bits per heavy atom. The largest absolute Gasteiger partial charge is 0.480 e. The lowest BCUT2D eigenvalue weighted by Crippen LogP contribution is -2.39. The number of rotatable bonds is 6. The van der Waals surface area contributed by atoms with Crippen LogP contribution in [0.4, 0.5) is 0 Å². The van der Waals surface area contributed by atoms with Crippen LogP contribution < -0.4 is 0 Å². The Morgan fingerprint density at radius 2 is 2.12 bits per heavy atom. The second kappa shape index (κ2) is 5.65. The standard InChI is InChI=1S/C10H17NO4S/c1-4-14-10(3,15-5-2)9-11-7(6-16-9)8(12)13/h7H,4-6H2,1-3H3,(H,12,13). The molecule has 5 nitrogen and oxygen atoms in total. The molecule has 0 aromatic heterocycles. The SMILES string of the molecule is CCOC(C)(OCC)C1=NC(C(=O)O)CS1. The van der Waals surface area contributed by atoms with Crippen molar-refractivity contribution < 1.29 is 19.4 Å². The summed E-state index contributed by atoms with van der Waals surface area (Å²) < 4.78 is 11.0. The predicted octanol–water partition coefficient (Wildman–Crippen LogP) is 1.37. The van der Waals surface area contributed by atoms with Crippen molar-refractivity contribution in [2.45, 2.75) is 32.6 Å². The van der Waals surface area contributed by atoms with Crippen LogP contribution in [0.3, 0.4) is 0 Å². The molecule has 0 amide bonds. The first-order chi connectivity index (χ1) is 7.53. The summed E-state index contributed by atoms with van der Waals surface area (Å²) >= 11 is 1.38. The predicted molar refractivity (Wildman–Crippen MR) is 63.0 cm³/mol. The van der Waals surface area contributed by atoms with Crippen LogP contribution in [0.25, 0.3) is 0 Å². The number of nitrogens with zero attached hydrogens (tertiary/aromatic N) is 1. The summed E-state index contributed by atoms with van der Waals surface area (Å²) in [5, 5.41) is 9.47. The van der Waals surface area contributed by atoms with Crippen LogP contribution in [0.15, 0.2) is 4.99 Å². The molecule has 0 spiro atoms. The van der Waals surface area contributed by atoms with E-state index in [-0.39, 0.29) is 0 Å². The Labute approximate surface area is 99.2 Å². The minimum absolute atomic E-state index is 0.445. The molecule has 1 atom stereocenters. The Hall–Kier alpha value is -0.590.